The summed E-state index contributed by atoms with van der Waals surface area (Å²) in [6.07, 6.45) is 0.955. The van der Waals surface area contributed by atoms with Crippen LogP contribution in [-0.4, -0.2) is 45.0 Å². The summed E-state index contributed by atoms with van der Waals surface area (Å²) in [6.45, 7) is 5.75. The normalized spacial score (nSPS) is 22.9. The van der Waals surface area contributed by atoms with Gasteiger partial charge in [-0.15, -0.1) is 0 Å². The summed E-state index contributed by atoms with van der Waals surface area (Å²) in [6, 6.07) is -0.183. The summed E-state index contributed by atoms with van der Waals surface area (Å²) in [5.41, 5.74) is 0. The lowest BCUT2D eigenvalue weighted by Crippen LogP contribution is -2.37. The summed E-state index contributed by atoms with van der Waals surface area (Å²) in [5, 5.41) is 5.94. The van der Waals surface area contributed by atoms with Gasteiger partial charge in [0.05, 0.1) is 11.5 Å². The maximum Gasteiger partial charge on any atom is 0.221 e. The molecule has 0 aromatic rings. The summed E-state index contributed by atoms with van der Waals surface area (Å²) < 4.78 is 22.4. The first-order valence-electron chi connectivity index (χ1n) is 6.09. The van der Waals surface area contributed by atoms with Crippen molar-refractivity contribution in [3.05, 3.63) is 0 Å². The van der Waals surface area contributed by atoms with Crippen LogP contribution in [-0.2, 0) is 14.6 Å². The van der Waals surface area contributed by atoms with Crippen LogP contribution in [0.4, 0.5) is 0 Å². The number of sulfone groups is 1. The number of nitrogens with one attached hydrogen (secondary N) is 2. The molecule has 2 N–H and O–H groups in total. The Labute approximate surface area is 103 Å². The second kappa shape index (κ2) is 6.35. The smallest absolute Gasteiger partial charge is 0.221 e. The number of hydrogen-bond donors (Lipinski definition) is 2. The minimum absolute atomic E-state index is 0.0663. The molecule has 6 heteroatoms. The maximum atomic E-state index is 11.5. The van der Waals surface area contributed by atoms with E-state index in [0.717, 1.165) is 6.54 Å². The Hall–Kier alpha value is -0.620. The molecule has 1 unspecified atom stereocenters. The second-order valence-electron chi connectivity index (χ2n) is 5.02. The van der Waals surface area contributed by atoms with E-state index in [-0.39, 0.29) is 23.5 Å². The number of carbonyl (C=O) groups excluding carboxylic acids is 1. The molecule has 1 atom stereocenters. The largest absolute Gasteiger partial charge is 0.352 e. The summed E-state index contributed by atoms with van der Waals surface area (Å²) in [7, 11) is -2.91. The molecule has 1 aliphatic rings. The Morgan fingerprint density at radius 2 is 2.12 bits per heavy atom. The molecular formula is C11H22N2O3S. The average molecular weight is 262 g/mol. The van der Waals surface area contributed by atoms with E-state index in [1.807, 2.05) is 0 Å². The third-order valence-electron chi connectivity index (χ3n) is 2.68. The molecule has 0 aromatic carbocycles. The van der Waals surface area contributed by atoms with Gasteiger partial charge in [-0.2, -0.15) is 0 Å². The van der Waals surface area contributed by atoms with Crippen LogP contribution in [0.2, 0.25) is 0 Å². The summed E-state index contributed by atoms with van der Waals surface area (Å²) in [4.78, 5) is 11.5. The third kappa shape index (κ3) is 6.02. The fourth-order valence-corrected chi connectivity index (χ4v) is 3.47. The van der Waals surface area contributed by atoms with E-state index in [2.05, 4.69) is 24.5 Å². The van der Waals surface area contributed by atoms with Crippen molar-refractivity contribution in [1.29, 1.82) is 0 Å². The van der Waals surface area contributed by atoms with Crippen LogP contribution in [0.3, 0.4) is 0 Å². The van der Waals surface area contributed by atoms with Crippen LogP contribution in [0.25, 0.3) is 0 Å². The third-order valence-corrected chi connectivity index (χ3v) is 4.45. The van der Waals surface area contributed by atoms with Gasteiger partial charge in [-0.05, 0) is 18.9 Å². The van der Waals surface area contributed by atoms with Gasteiger partial charge in [0, 0.05) is 19.0 Å². The Balaban J connectivity index is 2.14. The van der Waals surface area contributed by atoms with Crippen LogP contribution in [0.1, 0.15) is 26.7 Å². The molecule has 0 bridgehead atoms. The lowest BCUT2D eigenvalue weighted by Gasteiger charge is -2.11. The molecule has 0 saturated carbocycles. The topological polar surface area (TPSA) is 75.3 Å². The molecule has 1 saturated heterocycles. The van der Waals surface area contributed by atoms with Crippen molar-refractivity contribution in [1.82, 2.24) is 10.6 Å². The minimum atomic E-state index is -2.91. The van der Waals surface area contributed by atoms with E-state index in [0.29, 0.717) is 25.3 Å². The standard InChI is InChI=1S/C11H22N2O3S/c1-9(2)7-12-5-3-11(14)13-10-4-6-17(15,16)8-10/h9-10,12H,3-8H2,1-2H3,(H,13,14). The van der Waals surface area contributed by atoms with E-state index < -0.39 is 9.84 Å². The highest BCUT2D eigenvalue weighted by molar-refractivity contribution is 7.91. The van der Waals surface area contributed by atoms with Crippen molar-refractivity contribution >= 4 is 15.7 Å². The minimum Gasteiger partial charge on any atom is -0.352 e. The van der Waals surface area contributed by atoms with Gasteiger partial charge < -0.3 is 10.6 Å². The van der Waals surface area contributed by atoms with E-state index in [1.165, 1.54) is 0 Å². The quantitative estimate of drug-likeness (QED) is 0.657. The maximum absolute atomic E-state index is 11.5. The van der Waals surface area contributed by atoms with Crippen LogP contribution < -0.4 is 10.6 Å². The fraction of sp³-hybridized carbons (Fsp3) is 0.909. The highest BCUT2D eigenvalue weighted by Crippen LogP contribution is 2.11. The number of carbonyl (C=O) groups is 1. The van der Waals surface area contributed by atoms with Crippen molar-refractivity contribution < 1.29 is 13.2 Å². The van der Waals surface area contributed by atoms with Crippen molar-refractivity contribution in [2.75, 3.05) is 24.6 Å². The highest BCUT2D eigenvalue weighted by atomic mass is 32.2. The SMILES string of the molecule is CC(C)CNCCC(=O)NC1CCS(=O)(=O)C1. The molecule has 1 rings (SSSR count). The van der Waals surface area contributed by atoms with E-state index in [4.69, 9.17) is 0 Å². The summed E-state index contributed by atoms with van der Waals surface area (Å²) in [5.74, 6) is 0.795. The Kier molecular flexibility index (Phi) is 5.39. The second-order valence-corrected chi connectivity index (χ2v) is 7.24. The molecule has 5 nitrogen and oxygen atoms in total. The lowest BCUT2D eigenvalue weighted by molar-refractivity contribution is -0.121. The van der Waals surface area contributed by atoms with Gasteiger partial charge in [0.1, 0.15) is 0 Å². The predicted octanol–water partition coefficient (Wildman–Crippen LogP) is -0.0746. The zero-order valence-corrected chi connectivity index (χ0v) is 11.3. The molecule has 0 spiro atoms. The molecule has 1 fully saturated rings. The van der Waals surface area contributed by atoms with Gasteiger partial charge in [0.2, 0.25) is 5.91 Å². The van der Waals surface area contributed by atoms with Gasteiger partial charge in [-0.25, -0.2) is 8.42 Å². The molecular weight excluding hydrogens is 240 g/mol. The molecule has 0 radical (unpaired) electrons. The Bertz CT molecular complexity index is 352. The van der Waals surface area contributed by atoms with Crippen LogP contribution in [0.5, 0.6) is 0 Å². The first-order chi connectivity index (χ1) is 7.89. The van der Waals surface area contributed by atoms with Gasteiger partial charge in [0.25, 0.3) is 0 Å². The molecule has 1 amide bonds. The van der Waals surface area contributed by atoms with E-state index in [9.17, 15) is 13.2 Å². The van der Waals surface area contributed by atoms with Crippen molar-refractivity contribution in [3.8, 4) is 0 Å². The zero-order valence-electron chi connectivity index (χ0n) is 10.5. The zero-order chi connectivity index (χ0) is 12.9. The predicted molar refractivity (Wildman–Crippen MR) is 67.5 cm³/mol. The molecule has 17 heavy (non-hydrogen) atoms. The van der Waals surface area contributed by atoms with Crippen LogP contribution in [0, 0.1) is 5.92 Å². The monoisotopic (exact) mass is 262 g/mol. The van der Waals surface area contributed by atoms with Crippen molar-refractivity contribution in [2.24, 2.45) is 5.92 Å². The van der Waals surface area contributed by atoms with Crippen LogP contribution in [0.15, 0.2) is 0 Å². The first kappa shape index (κ1) is 14.4. The van der Waals surface area contributed by atoms with Gasteiger partial charge in [-0.3, -0.25) is 4.79 Å². The fourth-order valence-electron chi connectivity index (χ4n) is 1.80. The van der Waals surface area contributed by atoms with Gasteiger partial charge in [0.15, 0.2) is 9.84 Å². The van der Waals surface area contributed by atoms with Gasteiger partial charge in [-0.1, -0.05) is 13.8 Å². The molecule has 1 aliphatic heterocycles. The first-order valence-corrected chi connectivity index (χ1v) is 7.91. The number of hydrogen-bond acceptors (Lipinski definition) is 4. The molecule has 100 valence electrons. The lowest BCUT2D eigenvalue weighted by atomic mass is 10.2. The molecule has 1 heterocycles. The Morgan fingerprint density at radius 3 is 2.65 bits per heavy atom. The van der Waals surface area contributed by atoms with Crippen molar-refractivity contribution in [3.63, 3.8) is 0 Å². The van der Waals surface area contributed by atoms with Gasteiger partial charge >= 0.3 is 0 Å². The highest BCUT2D eigenvalue weighted by Gasteiger charge is 2.28. The Morgan fingerprint density at radius 1 is 1.41 bits per heavy atom. The molecule has 0 aliphatic carbocycles. The molecule has 0 aromatic heterocycles. The van der Waals surface area contributed by atoms with Crippen molar-refractivity contribution in [2.45, 2.75) is 32.7 Å². The van der Waals surface area contributed by atoms with E-state index in [1.54, 1.807) is 0 Å². The van der Waals surface area contributed by atoms with Crippen LogP contribution >= 0.6 is 0 Å². The summed E-state index contributed by atoms with van der Waals surface area (Å²) >= 11 is 0. The van der Waals surface area contributed by atoms with E-state index >= 15 is 0 Å². The average Bonchev–Trinajstić information content (AvgIpc) is 2.52. The number of rotatable bonds is 6. The number of amides is 1.